The number of ether oxygens (including phenoxy) is 4. The van der Waals surface area contributed by atoms with Crippen LogP contribution in [0.3, 0.4) is 0 Å². The molecule has 29 heavy (non-hydrogen) atoms. The molecular formula is C21H28NO6S-. The highest BCUT2D eigenvalue weighted by Gasteiger charge is 2.43. The third-order valence-electron chi connectivity index (χ3n) is 5.08. The molecule has 3 rings (SSSR count). The highest BCUT2D eigenvalue weighted by molar-refractivity contribution is 7.76. The number of nitrogens with two attached hydrogens (primary N) is 1. The van der Waals surface area contributed by atoms with E-state index in [9.17, 15) is 0 Å². The predicted molar refractivity (Wildman–Crippen MR) is 111 cm³/mol. The van der Waals surface area contributed by atoms with Gasteiger partial charge in [0.25, 0.3) is 0 Å². The molecule has 1 aliphatic carbocycles. The Kier molecular flexibility index (Phi) is 8.31. The van der Waals surface area contributed by atoms with Gasteiger partial charge in [-0.15, -0.1) is 0 Å². The molecule has 1 atom stereocenters. The average Bonchev–Trinajstić information content (AvgIpc) is 3.47. The van der Waals surface area contributed by atoms with Gasteiger partial charge in [-0.3, -0.25) is 9.35 Å². The lowest BCUT2D eigenvalue weighted by Crippen LogP contribution is -2.11. The number of benzene rings is 2. The molecule has 1 unspecified atom stereocenters. The van der Waals surface area contributed by atoms with Crippen LogP contribution in [0.5, 0.6) is 23.0 Å². The van der Waals surface area contributed by atoms with Gasteiger partial charge in [0, 0.05) is 23.4 Å². The molecule has 0 heterocycles. The molecule has 0 bridgehead atoms. The summed E-state index contributed by atoms with van der Waals surface area (Å²) in [7, 11) is 6.77. The van der Waals surface area contributed by atoms with Crippen molar-refractivity contribution in [1.29, 1.82) is 0 Å². The zero-order valence-electron chi connectivity index (χ0n) is 17.2. The van der Waals surface area contributed by atoms with Gasteiger partial charge in [-0.2, -0.15) is 0 Å². The second kappa shape index (κ2) is 10.5. The van der Waals surface area contributed by atoms with Crippen molar-refractivity contribution in [3.8, 4) is 23.0 Å². The van der Waals surface area contributed by atoms with Crippen molar-refractivity contribution in [3.63, 3.8) is 0 Å². The summed E-state index contributed by atoms with van der Waals surface area (Å²) < 4.78 is 39.3. The van der Waals surface area contributed by atoms with Crippen molar-refractivity contribution in [2.24, 2.45) is 10.6 Å². The molecule has 8 heteroatoms. The van der Waals surface area contributed by atoms with E-state index in [2.05, 4.69) is 17.3 Å². The number of rotatable bonds is 8. The molecule has 2 N–H and O–H groups in total. The highest BCUT2D eigenvalue weighted by Crippen LogP contribution is 2.53. The summed E-state index contributed by atoms with van der Waals surface area (Å²) in [6.45, 7) is 0. The van der Waals surface area contributed by atoms with Crippen LogP contribution >= 0.6 is 0 Å². The van der Waals surface area contributed by atoms with Crippen LogP contribution in [0, 0.1) is 5.41 Å². The molecule has 0 spiro atoms. The Morgan fingerprint density at radius 2 is 1.24 bits per heavy atom. The van der Waals surface area contributed by atoms with Crippen LogP contribution < -0.4 is 24.1 Å². The first-order valence-electron chi connectivity index (χ1n) is 9.12. The lowest BCUT2D eigenvalue weighted by molar-refractivity contribution is 0.379. The highest BCUT2D eigenvalue weighted by atomic mass is 32.2. The van der Waals surface area contributed by atoms with Crippen LogP contribution in [0.4, 0.5) is 0 Å². The second-order valence-electron chi connectivity index (χ2n) is 6.97. The summed E-state index contributed by atoms with van der Waals surface area (Å²) in [6, 6.07) is 12.1. The fourth-order valence-electron chi connectivity index (χ4n) is 3.40. The number of hydrogen-bond acceptors (Lipinski definition) is 6. The van der Waals surface area contributed by atoms with Gasteiger partial charge >= 0.3 is 0 Å². The Balaban J connectivity index is 0.000000687. The van der Waals surface area contributed by atoms with Gasteiger partial charge < -0.3 is 23.5 Å². The van der Waals surface area contributed by atoms with Gasteiger partial charge in [0.1, 0.15) is 23.0 Å². The third kappa shape index (κ3) is 6.62. The van der Waals surface area contributed by atoms with Gasteiger partial charge in [0.15, 0.2) is 0 Å². The Morgan fingerprint density at radius 1 is 0.862 bits per heavy atom. The maximum absolute atomic E-state index is 8.78. The Bertz CT molecular complexity index is 774. The van der Waals surface area contributed by atoms with Crippen molar-refractivity contribution in [2.45, 2.75) is 25.7 Å². The number of hydrogen-bond donors (Lipinski definition) is 1. The molecule has 2 aromatic carbocycles. The summed E-state index contributed by atoms with van der Waals surface area (Å²) >= 11 is -2.36. The summed E-state index contributed by atoms with van der Waals surface area (Å²) in [6.07, 6.45) is 4.43. The summed E-state index contributed by atoms with van der Waals surface area (Å²) in [5.41, 5.74) is 2.74. The molecule has 2 aromatic rings. The topological polar surface area (TPSA) is 103 Å². The average molecular weight is 423 g/mol. The molecule has 0 amide bonds. The lowest BCUT2D eigenvalue weighted by atomic mass is 9.89. The zero-order valence-corrected chi connectivity index (χ0v) is 18.0. The molecular weight excluding hydrogens is 394 g/mol. The maximum Gasteiger partial charge on any atom is 0.125 e. The number of methoxy groups -OCH3 is 4. The van der Waals surface area contributed by atoms with Crippen molar-refractivity contribution in [2.75, 3.05) is 28.4 Å². The van der Waals surface area contributed by atoms with Gasteiger partial charge in [0.05, 0.1) is 28.4 Å². The van der Waals surface area contributed by atoms with E-state index in [1.807, 2.05) is 24.3 Å². The van der Waals surface area contributed by atoms with Gasteiger partial charge in [-0.1, -0.05) is 12.1 Å². The largest absolute Gasteiger partial charge is 0.760 e. The minimum atomic E-state index is -2.36. The van der Waals surface area contributed by atoms with E-state index in [0.29, 0.717) is 0 Å². The normalized spacial score (nSPS) is 14.8. The summed E-state index contributed by atoms with van der Waals surface area (Å²) in [5.74, 6) is 3.43. The molecule has 1 aliphatic rings. The van der Waals surface area contributed by atoms with E-state index in [1.54, 1.807) is 28.4 Å². The van der Waals surface area contributed by atoms with E-state index in [1.165, 1.54) is 24.0 Å². The van der Waals surface area contributed by atoms with Crippen LogP contribution in [-0.2, 0) is 24.1 Å². The summed E-state index contributed by atoms with van der Waals surface area (Å²) in [5, 5.41) is 4.03. The molecule has 0 aromatic heterocycles. The van der Waals surface area contributed by atoms with Crippen molar-refractivity contribution in [3.05, 3.63) is 47.5 Å². The minimum Gasteiger partial charge on any atom is -0.760 e. The fourth-order valence-corrected chi connectivity index (χ4v) is 3.40. The van der Waals surface area contributed by atoms with Crippen LogP contribution in [-0.4, -0.2) is 37.2 Å². The smallest absolute Gasteiger partial charge is 0.125 e. The van der Waals surface area contributed by atoms with E-state index in [4.69, 9.17) is 27.7 Å². The fraction of sp³-hybridized carbons (Fsp3) is 0.429. The molecule has 160 valence electrons. The quantitative estimate of drug-likeness (QED) is 0.656. The first kappa shape index (κ1) is 23.0. The van der Waals surface area contributed by atoms with Crippen LogP contribution in [0.15, 0.2) is 36.4 Å². The van der Waals surface area contributed by atoms with E-state index in [0.717, 1.165) is 35.8 Å². The van der Waals surface area contributed by atoms with E-state index >= 15 is 0 Å². The second-order valence-corrected chi connectivity index (χ2v) is 7.49. The predicted octanol–water partition coefficient (Wildman–Crippen LogP) is 3.03. The molecule has 7 nitrogen and oxygen atoms in total. The first-order chi connectivity index (χ1) is 13.9. The van der Waals surface area contributed by atoms with Crippen LogP contribution in [0.1, 0.15) is 24.0 Å². The minimum absolute atomic E-state index is 0.281. The molecule has 0 aliphatic heterocycles. The third-order valence-corrected chi connectivity index (χ3v) is 5.08. The molecule has 1 fully saturated rings. The SMILES string of the molecule is COc1ccc(CC2(Cc3ccc(OC)cc3OC)CC2)c(OC)c1.NS(=O)[O-]. The Labute approximate surface area is 174 Å². The zero-order chi connectivity index (χ0) is 21.4. The van der Waals surface area contributed by atoms with Crippen molar-refractivity contribution >= 4 is 11.3 Å². The first-order valence-corrected chi connectivity index (χ1v) is 10.3. The van der Waals surface area contributed by atoms with Crippen molar-refractivity contribution < 1.29 is 27.7 Å². The van der Waals surface area contributed by atoms with E-state index < -0.39 is 11.3 Å². The Morgan fingerprint density at radius 3 is 1.52 bits per heavy atom. The summed E-state index contributed by atoms with van der Waals surface area (Å²) in [4.78, 5) is 0. The molecule has 0 radical (unpaired) electrons. The van der Waals surface area contributed by atoms with Gasteiger partial charge in [-0.25, -0.2) is 0 Å². The van der Waals surface area contributed by atoms with Gasteiger partial charge in [-0.05, 0) is 54.4 Å². The molecule has 1 saturated carbocycles. The monoisotopic (exact) mass is 422 g/mol. The van der Waals surface area contributed by atoms with Crippen LogP contribution in [0.25, 0.3) is 0 Å². The van der Waals surface area contributed by atoms with Crippen LogP contribution in [0.2, 0.25) is 0 Å². The van der Waals surface area contributed by atoms with Crippen molar-refractivity contribution in [1.82, 2.24) is 0 Å². The lowest BCUT2D eigenvalue weighted by Gasteiger charge is -2.19. The van der Waals surface area contributed by atoms with Gasteiger partial charge in [0.2, 0.25) is 0 Å². The standard InChI is InChI=1S/C21H26O4.H3NO2S/c1-22-17-7-5-15(19(11-17)24-3)13-21(9-10-21)14-16-6-8-18(23-2)12-20(16)25-4;1-4(2)3/h5-8,11-12H,9-10,13-14H2,1-4H3;1H2,(H,2,3)/p-1. The van der Waals surface area contributed by atoms with E-state index in [-0.39, 0.29) is 5.41 Å². The maximum atomic E-state index is 8.78. The Hall–Kier alpha value is -2.29. The molecule has 0 saturated heterocycles.